The molecule has 0 spiro atoms. The lowest BCUT2D eigenvalue weighted by atomic mass is 10.2. The number of benzene rings is 1. The van der Waals surface area contributed by atoms with Crippen LogP contribution in [0.25, 0.3) is 11.5 Å². The molecule has 3 rings (SSSR count). The first-order valence-corrected chi connectivity index (χ1v) is 9.33. The number of carbonyl (C=O) groups is 1. The first kappa shape index (κ1) is 21.8. The van der Waals surface area contributed by atoms with Gasteiger partial charge in [-0.15, -0.1) is 0 Å². The fraction of sp³-hybridized carbons (Fsp3) is 0.286. The summed E-state index contributed by atoms with van der Waals surface area (Å²) in [4.78, 5) is 38.4. The topological polar surface area (TPSA) is 117 Å². The summed E-state index contributed by atoms with van der Waals surface area (Å²) in [7, 11) is 4.46. The van der Waals surface area contributed by atoms with Crippen LogP contribution in [0.1, 0.15) is 11.3 Å². The van der Waals surface area contributed by atoms with E-state index in [1.54, 1.807) is 26.0 Å². The second kappa shape index (κ2) is 9.24. The van der Waals surface area contributed by atoms with Crippen molar-refractivity contribution >= 4 is 11.6 Å². The summed E-state index contributed by atoms with van der Waals surface area (Å²) >= 11 is 0. The summed E-state index contributed by atoms with van der Waals surface area (Å²) in [6, 6.07) is 3.20. The number of anilines is 1. The van der Waals surface area contributed by atoms with Crippen molar-refractivity contribution < 1.29 is 19.0 Å². The van der Waals surface area contributed by atoms with Gasteiger partial charge in [0.15, 0.2) is 17.3 Å². The van der Waals surface area contributed by atoms with Gasteiger partial charge in [-0.25, -0.2) is 9.97 Å². The Balaban J connectivity index is 1.96. The maximum Gasteiger partial charge on any atom is 0.257 e. The molecule has 162 valence electrons. The molecule has 31 heavy (non-hydrogen) atoms. The minimum absolute atomic E-state index is 0.265. The highest BCUT2D eigenvalue weighted by molar-refractivity contribution is 5.91. The number of rotatable bonds is 7. The molecule has 0 aliphatic carbocycles. The normalized spacial score (nSPS) is 10.5. The molecule has 0 unspecified atom stereocenters. The van der Waals surface area contributed by atoms with Gasteiger partial charge in [-0.05, 0) is 13.8 Å². The number of carbonyl (C=O) groups excluding carboxylic acids is 1. The fourth-order valence-electron chi connectivity index (χ4n) is 3.01. The predicted octanol–water partition coefficient (Wildman–Crippen LogP) is 1.98. The Morgan fingerprint density at radius 3 is 2.29 bits per heavy atom. The maximum absolute atomic E-state index is 12.9. The molecule has 0 atom stereocenters. The van der Waals surface area contributed by atoms with Gasteiger partial charge in [0, 0.05) is 41.5 Å². The Kier molecular flexibility index (Phi) is 6.49. The van der Waals surface area contributed by atoms with Crippen LogP contribution in [0.2, 0.25) is 0 Å². The van der Waals surface area contributed by atoms with Crippen molar-refractivity contribution in [1.29, 1.82) is 0 Å². The van der Waals surface area contributed by atoms with E-state index in [0.717, 1.165) is 0 Å². The summed E-state index contributed by atoms with van der Waals surface area (Å²) in [5.74, 6) is 1.01. The van der Waals surface area contributed by atoms with Crippen molar-refractivity contribution in [1.82, 2.24) is 19.5 Å². The number of hydrogen-bond donors (Lipinski definition) is 1. The largest absolute Gasteiger partial charge is 0.493 e. The predicted molar refractivity (Wildman–Crippen MR) is 114 cm³/mol. The highest BCUT2D eigenvalue weighted by Crippen LogP contribution is 2.39. The van der Waals surface area contributed by atoms with E-state index in [-0.39, 0.29) is 17.9 Å². The van der Waals surface area contributed by atoms with Crippen molar-refractivity contribution in [2.75, 3.05) is 26.6 Å². The average Bonchev–Trinajstić information content (AvgIpc) is 2.79. The van der Waals surface area contributed by atoms with Crippen molar-refractivity contribution in [3.63, 3.8) is 0 Å². The number of aryl methyl sites for hydroxylation is 1. The molecule has 0 aliphatic rings. The summed E-state index contributed by atoms with van der Waals surface area (Å²) in [6.07, 6.45) is 4.51. The third-order valence-corrected chi connectivity index (χ3v) is 4.68. The molecule has 10 heteroatoms. The molecule has 1 N–H and O–H groups in total. The van der Waals surface area contributed by atoms with Crippen LogP contribution in [0, 0.1) is 13.8 Å². The molecule has 2 heterocycles. The molecule has 3 aromatic rings. The van der Waals surface area contributed by atoms with Crippen molar-refractivity contribution in [3.8, 4) is 28.8 Å². The SMILES string of the molecule is COc1cc(NC(=O)Cn2c(-c3cnccn3)nc(C)c(C)c2=O)cc(OC)c1OC. The van der Waals surface area contributed by atoms with E-state index in [9.17, 15) is 9.59 Å². The van der Waals surface area contributed by atoms with Crippen molar-refractivity contribution in [2.24, 2.45) is 0 Å². The van der Waals surface area contributed by atoms with E-state index in [4.69, 9.17) is 14.2 Å². The average molecular weight is 425 g/mol. The fourth-order valence-corrected chi connectivity index (χ4v) is 3.01. The second-order valence-corrected chi connectivity index (χ2v) is 6.59. The quantitative estimate of drug-likeness (QED) is 0.611. The standard InChI is InChI=1S/C21H23N5O5/c1-12-13(2)24-20(15-10-22-6-7-23-15)26(21(12)28)11-18(27)25-14-8-16(29-3)19(31-5)17(9-14)30-4/h6-10H,11H2,1-5H3,(H,25,27). The Hall–Kier alpha value is -3.95. The number of nitrogens with one attached hydrogen (secondary N) is 1. The van der Waals surface area contributed by atoms with Gasteiger partial charge in [-0.1, -0.05) is 0 Å². The number of aromatic nitrogens is 4. The van der Waals surface area contributed by atoms with E-state index in [1.165, 1.54) is 44.5 Å². The number of ether oxygens (including phenoxy) is 3. The monoisotopic (exact) mass is 425 g/mol. The zero-order valence-electron chi connectivity index (χ0n) is 17.9. The number of nitrogens with zero attached hydrogens (tertiary/aromatic N) is 4. The summed E-state index contributed by atoms with van der Waals surface area (Å²) < 4.78 is 17.2. The van der Waals surface area contributed by atoms with Crippen LogP contribution in [-0.4, -0.2) is 46.8 Å². The minimum Gasteiger partial charge on any atom is -0.493 e. The van der Waals surface area contributed by atoms with Crippen molar-refractivity contribution in [2.45, 2.75) is 20.4 Å². The Morgan fingerprint density at radius 1 is 1.06 bits per heavy atom. The van der Waals surface area contributed by atoms with Gasteiger partial charge in [0.1, 0.15) is 12.2 Å². The van der Waals surface area contributed by atoms with Gasteiger partial charge < -0.3 is 19.5 Å². The molecule has 1 amide bonds. The highest BCUT2D eigenvalue weighted by Gasteiger charge is 2.18. The van der Waals surface area contributed by atoms with Gasteiger partial charge in [-0.3, -0.25) is 19.1 Å². The highest BCUT2D eigenvalue weighted by atomic mass is 16.5. The van der Waals surface area contributed by atoms with Crippen LogP contribution in [0.5, 0.6) is 17.2 Å². The molecular weight excluding hydrogens is 402 g/mol. The van der Waals surface area contributed by atoms with Crippen molar-refractivity contribution in [3.05, 3.63) is 52.3 Å². The number of methoxy groups -OCH3 is 3. The summed E-state index contributed by atoms with van der Waals surface area (Å²) in [5.41, 5.74) is 1.50. The minimum atomic E-state index is -0.438. The zero-order valence-corrected chi connectivity index (χ0v) is 17.9. The van der Waals surface area contributed by atoms with Crippen LogP contribution >= 0.6 is 0 Å². The van der Waals surface area contributed by atoms with E-state index in [0.29, 0.717) is 39.9 Å². The first-order chi connectivity index (χ1) is 14.9. The van der Waals surface area contributed by atoms with Crippen LogP contribution in [0.3, 0.4) is 0 Å². The molecule has 10 nitrogen and oxygen atoms in total. The van der Waals surface area contributed by atoms with Gasteiger partial charge in [0.2, 0.25) is 11.7 Å². The third-order valence-electron chi connectivity index (χ3n) is 4.68. The van der Waals surface area contributed by atoms with Gasteiger partial charge >= 0.3 is 0 Å². The smallest absolute Gasteiger partial charge is 0.257 e. The molecule has 0 bridgehead atoms. The number of hydrogen-bond acceptors (Lipinski definition) is 8. The molecular formula is C21H23N5O5. The molecule has 0 radical (unpaired) electrons. The molecule has 0 aliphatic heterocycles. The van der Waals surface area contributed by atoms with E-state index >= 15 is 0 Å². The van der Waals surface area contributed by atoms with Gasteiger partial charge in [0.05, 0.1) is 27.5 Å². The van der Waals surface area contributed by atoms with Crippen LogP contribution in [0.15, 0.2) is 35.5 Å². The lowest BCUT2D eigenvalue weighted by molar-refractivity contribution is -0.116. The van der Waals surface area contributed by atoms with Crippen LogP contribution in [-0.2, 0) is 11.3 Å². The molecule has 0 saturated heterocycles. The molecule has 1 aromatic carbocycles. The molecule has 0 fully saturated rings. The maximum atomic E-state index is 12.9. The third kappa shape index (κ3) is 4.47. The second-order valence-electron chi connectivity index (χ2n) is 6.59. The Morgan fingerprint density at radius 2 is 1.74 bits per heavy atom. The van der Waals surface area contributed by atoms with Gasteiger partial charge in [-0.2, -0.15) is 0 Å². The summed E-state index contributed by atoms with van der Waals surface area (Å²) in [6.45, 7) is 3.13. The van der Waals surface area contributed by atoms with Crippen LogP contribution < -0.4 is 25.1 Å². The van der Waals surface area contributed by atoms with E-state index < -0.39 is 5.91 Å². The van der Waals surface area contributed by atoms with E-state index in [1.807, 2.05) is 0 Å². The molecule has 0 saturated carbocycles. The van der Waals surface area contributed by atoms with Gasteiger partial charge in [0.25, 0.3) is 5.56 Å². The van der Waals surface area contributed by atoms with E-state index in [2.05, 4.69) is 20.3 Å². The lowest BCUT2D eigenvalue weighted by Crippen LogP contribution is -2.32. The summed E-state index contributed by atoms with van der Waals surface area (Å²) in [5, 5.41) is 2.75. The Labute approximate surface area is 178 Å². The Bertz CT molecular complexity index is 1140. The van der Waals surface area contributed by atoms with Crippen LogP contribution in [0.4, 0.5) is 5.69 Å². The number of amides is 1. The molecule has 2 aromatic heterocycles. The lowest BCUT2D eigenvalue weighted by Gasteiger charge is -2.16. The first-order valence-electron chi connectivity index (χ1n) is 9.33. The zero-order chi connectivity index (χ0) is 22.5.